The number of hydrogen-bond acceptors (Lipinski definition) is 8. The van der Waals surface area contributed by atoms with Crippen molar-refractivity contribution >= 4 is 29.0 Å². The number of anilines is 1. The molecule has 2 amide bonds. The Morgan fingerprint density at radius 2 is 1.74 bits per heavy atom. The lowest BCUT2D eigenvalue weighted by atomic mass is 10.1. The van der Waals surface area contributed by atoms with E-state index in [1.807, 2.05) is 64.9 Å². The van der Waals surface area contributed by atoms with Crippen molar-refractivity contribution in [3.05, 3.63) is 64.9 Å². The molecule has 0 unspecified atom stereocenters. The zero-order valence-electron chi connectivity index (χ0n) is 21.6. The van der Waals surface area contributed by atoms with Gasteiger partial charge in [0.2, 0.25) is 5.91 Å². The SMILES string of the molecule is O=C(CN(CCN1CCOCC1)C(=O)c1cccs1)N1CCCN(c2ccc(-c3ccccc3)nn2)CC1. The monoisotopic (exact) mass is 534 g/mol. The zero-order valence-corrected chi connectivity index (χ0v) is 22.4. The average Bonchev–Trinajstić information content (AvgIpc) is 3.40. The summed E-state index contributed by atoms with van der Waals surface area (Å²) in [6.45, 7) is 7.20. The number of thiophene rings is 1. The molecular formula is C28H34N6O3S. The Balaban J connectivity index is 1.19. The largest absolute Gasteiger partial charge is 0.379 e. The third-order valence-corrected chi connectivity index (χ3v) is 7.89. The first kappa shape index (κ1) is 26.3. The first-order chi connectivity index (χ1) is 18.7. The first-order valence-electron chi connectivity index (χ1n) is 13.2. The number of hydrogen-bond donors (Lipinski definition) is 0. The molecule has 4 heterocycles. The van der Waals surface area contributed by atoms with Crippen LogP contribution in [0.3, 0.4) is 0 Å². The summed E-state index contributed by atoms with van der Waals surface area (Å²) in [5.74, 6) is 0.732. The van der Waals surface area contributed by atoms with Crippen LogP contribution in [0.5, 0.6) is 0 Å². The van der Waals surface area contributed by atoms with E-state index in [4.69, 9.17) is 4.74 Å². The summed E-state index contributed by atoms with van der Waals surface area (Å²) in [5, 5.41) is 10.8. The Hall–Kier alpha value is -3.34. The molecule has 2 aromatic heterocycles. The minimum Gasteiger partial charge on any atom is -0.379 e. The molecule has 2 saturated heterocycles. The number of carbonyl (C=O) groups excluding carboxylic acids is 2. The van der Waals surface area contributed by atoms with Crippen molar-refractivity contribution in [1.82, 2.24) is 24.9 Å². The van der Waals surface area contributed by atoms with Crippen LogP contribution in [0, 0.1) is 0 Å². The third-order valence-electron chi connectivity index (χ3n) is 7.03. The van der Waals surface area contributed by atoms with Gasteiger partial charge in [-0.15, -0.1) is 21.5 Å². The highest BCUT2D eigenvalue weighted by atomic mass is 32.1. The van der Waals surface area contributed by atoms with Crippen LogP contribution in [-0.2, 0) is 9.53 Å². The number of aromatic nitrogens is 2. The van der Waals surface area contributed by atoms with Crippen molar-refractivity contribution in [2.45, 2.75) is 6.42 Å². The minimum atomic E-state index is -0.0770. The van der Waals surface area contributed by atoms with E-state index >= 15 is 0 Å². The Morgan fingerprint density at radius 1 is 0.895 bits per heavy atom. The molecule has 2 aliphatic rings. The number of ether oxygens (including phenoxy) is 1. The molecular weight excluding hydrogens is 500 g/mol. The second-order valence-electron chi connectivity index (χ2n) is 9.52. The van der Waals surface area contributed by atoms with Crippen molar-refractivity contribution in [2.24, 2.45) is 0 Å². The van der Waals surface area contributed by atoms with Gasteiger partial charge in [-0.3, -0.25) is 14.5 Å². The molecule has 1 aromatic carbocycles. The third kappa shape index (κ3) is 6.75. The lowest BCUT2D eigenvalue weighted by Gasteiger charge is -2.31. The Kier molecular flexibility index (Phi) is 8.95. The lowest BCUT2D eigenvalue weighted by Crippen LogP contribution is -2.47. The van der Waals surface area contributed by atoms with Crippen LogP contribution >= 0.6 is 11.3 Å². The molecule has 9 nitrogen and oxygen atoms in total. The number of morpholine rings is 1. The summed E-state index contributed by atoms with van der Waals surface area (Å²) in [7, 11) is 0. The molecule has 10 heteroatoms. The highest BCUT2D eigenvalue weighted by molar-refractivity contribution is 7.12. The molecule has 0 saturated carbocycles. The van der Waals surface area contributed by atoms with Gasteiger partial charge in [0.1, 0.15) is 6.54 Å². The van der Waals surface area contributed by atoms with E-state index < -0.39 is 0 Å². The molecule has 0 radical (unpaired) electrons. The molecule has 5 rings (SSSR count). The molecule has 38 heavy (non-hydrogen) atoms. The van der Waals surface area contributed by atoms with Crippen LogP contribution in [0.15, 0.2) is 60.0 Å². The van der Waals surface area contributed by atoms with Crippen LogP contribution in [0.2, 0.25) is 0 Å². The predicted molar refractivity (Wildman–Crippen MR) is 148 cm³/mol. The summed E-state index contributed by atoms with van der Waals surface area (Å²) >= 11 is 1.41. The molecule has 0 atom stereocenters. The fourth-order valence-corrected chi connectivity index (χ4v) is 5.50. The van der Waals surface area contributed by atoms with Gasteiger partial charge in [0.25, 0.3) is 5.91 Å². The maximum Gasteiger partial charge on any atom is 0.264 e. The van der Waals surface area contributed by atoms with Crippen molar-refractivity contribution in [3.8, 4) is 11.3 Å². The van der Waals surface area contributed by atoms with Crippen LogP contribution in [0.25, 0.3) is 11.3 Å². The fourth-order valence-electron chi connectivity index (χ4n) is 4.81. The van der Waals surface area contributed by atoms with Crippen LogP contribution in [-0.4, -0.2) is 109 Å². The molecule has 2 aliphatic heterocycles. The number of rotatable bonds is 8. The van der Waals surface area contributed by atoms with E-state index in [-0.39, 0.29) is 18.4 Å². The Labute approximate surface area is 227 Å². The summed E-state index contributed by atoms with van der Waals surface area (Å²) in [6, 6.07) is 17.7. The normalized spacial score (nSPS) is 16.7. The van der Waals surface area contributed by atoms with Crippen molar-refractivity contribution < 1.29 is 14.3 Å². The minimum absolute atomic E-state index is 0.00996. The summed E-state index contributed by atoms with van der Waals surface area (Å²) in [5.41, 5.74) is 1.88. The van der Waals surface area contributed by atoms with Gasteiger partial charge in [-0.1, -0.05) is 36.4 Å². The zero-order chi connectivity index (χ0) is 26.2. The molecule has 2 fully saturated rings. The molecule has 200 valence electrons. The van der Waals surface area contributed by atoms with Gasteiger partial charge >= 0.3 is 0 Å². The van der Waals surface area contributed by atoms with Crippen LogP contribution < -0.4 is 4.90 Å². The Morgan fingerprint density at radius 3 is 2.47 bits per heavy atom. The van der Waals surface area contributed by atoms with Gasteiger partial charge in [0.15, 0.2) is 5.82 Å². The lowest BCUT2D eigenvalue weighted by molar-refractivity contribution is -0.131. The van der Waals surface area contributed by atoms with Gasteiger partial charge in [0, 0.05) is 57.9 Å². The van der Waals surface area contributed by atoms with E-state index in [0.717, 1.165) is 49.7 Å². The van der Waals surface area contributed by atoms with E-state index in [2.05, 4.69) is 20.0 Å². The first-order valence-corrected chi connectivity index (χ1v) is 14.1. The number of amides is 2. The van der Waals surface area contributed by atoms with Crippen molar-refractivity contribution in [2.75, 3.05) is 77.0 Å². The standard InChI is InChI=1S/C28H34N6O3S/c35-27(22-34(28(36)25-8-4-21-38-25)14-13-31-17-19-37-20-18-31)33-12-5-11-32(15-16-33)26-10-9-24(29-30-26)23-6-2-1-3-7-23/h1-4,6-10,21H,5,11-20,22H2. The van der Waals surface area contributed by atoms with Gasteiger partial charge in [0.05, 0.1) is 23.8 Å². The van der Waals surface area contributed by atoms with Gasteiger partial charge in [-0.05, 0) is 30.0 Å². The predicted octanol–water partition coefficient (Wildman–Crippen LogP) is 2.72. The highest BCUT2D eigenvalue weighted by Crippen LogP contribution is 2.19. The molecule has 3 aromatic rings. The molecule has 0 N–H and O–H groups in total. The average molecular weight is 535 g/mol. The van der Waals surface area contributed by atoms with E-state index in [0.29, 0.717) is 44.3 Å². The van der Waals surface area contributed by atoms with E-state index in [9.17, 15) is 9.59 Å². The van der Waals surface area contributed by atoms with Crippen molar-refractivity contribution in [3.63, 3.8) is 0 Å². The van der Waals surface area contributed by atoms with Gasteiger partial charge in [-0.25, -0.2) is 0 Å². The van der Waals surface area contributed by atoms with E-state index in [1.54, 1.807) is 4.90 Å². The number of nitrogens with zero attached hydrogens (tertiary/aromatic N) is 6. The summed E-state index contributed by atoms with van der Waals surface area (Å²) in [6.07, 6.45) is 0.834. The summed E-state index contributed by atoms with van der Waals surface area (Å²) in [4.78, 5) is 35.3. The van der Waals surface area contributed by atoms with Crippen LogP contribution in [0.1, 0.15) is 16.1 Å². The molecule has 0 bridgehead atoms. The number of benzene rings is 1. The molecule has 0 aliphatic carbocycles. The maximum absolute atomic E-state index is 13.4. The second-order valence-corrected chi connectivity index (χ2v) is 10.5. The van der Waals surface area contributed by atoms with Gasteiger partial charge < -0.3 is 19.4 Å². The van der Waals surface area contributed by atoms with Gasteiger partial charge in [-0.2, -0.15) is 0 Å². The molecule has 0 spiro atoms. The smallest absolute Gasteiger partial charge is 0.264 e. The maximum atomic E-state index is 13.4. The number of carbonyl (C=O) groups is 2. The second kappa shape index (κ2) is 12.9. The summed E-state index contributed by atoms with van der Waals surface area (Å²) < 4.78 is 5.44. The topological polar surface area (TPSA) is 82.1 Å². The fraction of sp³-hybridized carbons (Fsp3) is 0.429. The quantitative estimate of drug-likeness (QED) is 0.440. The highest BCUT2D eigenvalue weighted by Gasteiger charge is 2.26. The van der Waals surface area contributed by atoms with Crippen molar-refractivity contribution in [1.29, 1.82) is 0 Å². The van der Waals surface area contributed by atoms with Crippen LogP contribution in [0.4, 0.5) is 5.82 Å². The Bertz CT molecular complexity index is 1170. The van der Waals surface area contributed by atoms with E-state index in [1.165, 1.54) is 11.3 Å².